The van der Waals surface area contributed by atoms with E-state index in [1.165, 1.54) is 43.3 Å². The van der Waals surface area contributed by atoms with E-state index in [2.05, 4.69) is 9.73 Å². The Morgan fingerprint density at radius 2 is 1.95 bits per heavy atom. The minimum Gasteiger partial charge on any atom is -0.545 e. The number of methoxy groups -OCH3 is 1. The first-order valence-corrected chi connectivity index (χ1v) is 6.89. The fraction of sp³-hybridized carbons (Fsp3) is 0.143. The van der Waals surface area contributed by atoms with Gasteiger partial charge in [0.25, 0.3) is 5.91 Å². The van der Waals surface area contributed by atoms with E-state index < -0.39 is 11.9 Å². The standard InChI is InChI=1S/C14H12N2O5S/c1-16-12(18)10(7-11(17)21-2)22-14(16)15-9-5-3-8(4-6-9)13(19)20/h3-7H,1-2H3,(H,19,20)/p-1/b10-7+,15-14?. The van der Waals surface area contributed by atoms with Gasteiger partial charge in [-0.25, -0.2) is 9.79 Å². The molecule has 0 spiro atoms. The second-order valence-corrected chi connectivity index (χ2v) is 5.24. The molecule has 1 aromatic rings. The van der Waals surface area contributed by atoms with Crippen LogP contribution in [0, 0.1) is 0 Å². The second-order valence-electron chi connectivity index (χ2n) is 4.23. The summed E-state index contributed by atoms with van der Waals surface area (Å²) in [5.74, 6) is -2.26. The Balaban J connectivity index is 2.25. The molecule has 0 radical (unpaired) electrons. The van der Waals surface area contributed by atoms with Crippen LogP contribution in [-0.4, -0.2) is 42.1 Å². The molecule has 1 aliphatic rings. The summed E-state index contributed by atoms with van der Waals surface area (Å²) in [5, 5.41) is 11.0. The molecule has 0 atom stereocenters. The number of carboxylic acids is 1. The van der Waals surface area contributed by atoms with E-state index in [0.717, 1.165) is 17.8 Å². The van der Waals surface area contributed by atoms with Gasteiger partial charge in [-0.2, -0.15) is 0 Å². The summed E-state index contributed by atoms with van der Waals surface area (Å²) in [5.41, 5.74) is 0.519. The van der Waals surface area contributed by atoms with Crippen molar-refractivity contribution in [1.29, 1.82) is 0 Å². The Morgan fingerprint density at radius 3 is 2.50 bits per heavy atom. The van der Waals surface area contributed by atoms with Crippen LogP contribution in [0.25, 0.3) is 0 Å². The largest absolute Gasteiger partial charge is 0.545 e. The van der Waals surface area contributed by atoms with Crippen LogP contribution in [0.5, 0.6) is 0 Å². The maximum absolute atomic E-state index is 12.0. The first-order valence-electron chi connectivity index (χ1n) is 6.08. The van der Waals surface area contributed by atoms with Crippen molar-refractivity contribution in [2.24, 2.45) is 4.99 Å². The average Bonchev–Trinajstić information content (AvgIpc) is 2.76. The Kier molecular flexibility index (Phi) is 4.62. The van der Waals surface area contributed by atoms with Crippen LogP contribution in [0.2, 0.25) is 0 Å². The van der Waals surface area contributed by atoms with Gasteiger partial charge >= 0.3 is 5.97 Å². The van der Waals surface area contributed by atoms with Gasteiger partial charge in [0.15, 0.2) is 5.17 Å². The first kappa shape index (κ1) is 15.8. The van der Waals surface area contributed by atoms with Crippen LogP contribution in [0.4, 0.5) is 5.69 Å². The molecule has 22 heavy (non-hydrogen) atoms. The quantitative estimate of drug-likeness (QED) is 0.587. The number of nitrogens with zero attached hydrogens (tertiary/aromatic N) is 2. The molecule has 0 aliphatic carbocycles. The number of esters is 1. The van der Waals surface area contributed by atoms with Gasteiger partial charge in [-0.3, -0.25) is 9.69 Å². The summed E-state index contributed by atoms with van der Waals surface area (Å²) < 4.78 is 4.48. The third kappa shape index (κ3) is 3.34. The molecule has 2 rings (SSSR count). The number of hydrogen-bond donors (Lipinski definition) is 0. The molecule has 1 aliphatic heterocycles. The Bertz CT molecular complexity index is 694. The molecule has 1 aromatic carbocycles. The van der Waals surface area contributed by atoms with Crippen molar-refractivity contribution in [3.8, 4) is 0 Å². The minimum absolute atomic E-state index is 0.0405. The molecule has 1 saturated heterocycles. The van der Waals surface area contributed by atoms with Gasteiger partial charge < -0.3 is 14.6 Å². The lowest BCUT2D eigenvalue weighted by molar-refractivity contribution is -0.255. The number of ether oxygens (including phenoxy) is 1. The van der Waals surface area contributed by atoms with Crippen LogP contribution >= 0.6 is 11.8 Å². The predicted molar refractivity (Wildman–Crippen MR) is 78.3 cm³/mol. The number of rotatable bonds is 3. The molecular formula is C14H11N2O5S-. The number of thioether (sulfide) groups is 1. The molecular weight excluding hydrogens is 308 g/mol. The van der Waals surface area contributed by atoms with Gasteiger partial charge in [0.2, 0.25) is 0 Å². The molecule has 8 heteroatoms. The molecule has 1 heterocycles. The summed E-state index contributed by atoms with van der Waals surface area (Å²) in [6.07, 6.45) is 1.10. The Hall–Kier alpha value is -2.61. The van der Waals surface area contributed by atoms with Crippen molar-refractivity contribution in [2.75, 3.05) is 14.2 Å². The summed E-state index contributed by atoms with van der Waals surface area (Å²) in [6.45, 7) is 0. The monoisotopic (exact) mass is 319 g/mol. The van der Waals surface area contributed by atoms with Crippen LogP contribution in [0.1, 0.15) is 10.4 Å². The van der Waals surface area contributed by atoms with Crippen LogP contribution in [0.15, 0.2) is 40.2 Å². The van der Waals surface area contributed by atoms with Crippen molar-refractivity contribution in [2.45, 2.75) is 0 Å². The van der Waals surface area contributed by atoms with E-state index in [1.54, 1.807) is 0 Å². The zero-order valence-corrected chi connectivity index (χ0v) is 12.5. The maximum atomic E-state index is 12.0. The van der Waals surface area contributed by atoms with Gasteiger partial charge in [0.1, 0.15) is 0 Å². The third-order valence-electron chi connectivity index (χ3n) is 2.78. The highest BCUT2D eigenvalue weighted by Gasteiger charge is 2.31. The van der Waals surface area contributed by atoms with Gasteiger partial charge in [0.05, 0.1) is 23.7 Å². The van der Waals surface area contributed by atoms with Crippen LogP contribution in [0.3, 0.4) is 0 Å². The highest BCUT2D eigenvalue weighted by Crippen LogP contribution is 2.31. The lowest BCUT2D eigenvalue weighted by atomic mass is 10.2. The molecule has 0 unspecified atom stereocenters. The molecule has 1 fully saturated rings. The number of amidine groups is 1. The van der Waals surface area contributed by atoms with Crippen molar-refractivity contribution < 1.29 is 24.2 Å². The Labute approximate surface area is 130 Å². The number of carbonyl (C=O) groups is 3. The molecule has 0 saturated carbocycles. The number of benzene rings is 1. The smallest absolute Gasteiger partial charge is 0.331 e. The van der Waals surface area contributed by atoms with Crippen LogP contribution < -0.4 is 5.11 Å². The number of carbonyl (C=O) groups excluding carboxylic acids is 3. The van der Waals surface area contributed by atoms with Crippen molar-refractivity contribution in [3.63, 3.8) is 0 Å². The predicted octanol–water partition coefficient (Wildman–Crippen LogP) is 0.300. The lowest BCUT2D eigenvalue weighted by Gasteiger charge is -2.07. The van der Waals surface area contributed by atoms with E-state index in [-0.39, 0.29) is 16.4 Å². The normalized spacial score (nSPS) is 18.1. The first-order chi connectivity index (χ1) is 10.4. The fourth-order valence-electron chi connectivity index (χ4n) is 1.60. The number of hydrogen-bond acceptors (Lipinski definition) is 7. The number of carboxylic acid groups (broad SMARTS) is 1. The molecule has 7 nitrogen and oxygen atoms in total. The molecule has 114 valence electrons. The van der Waals surface area contributed by atoms with E-state index in [0.29, 0.717) is 10.9 Å². The summed E-state index contributed by atoms with van der Waals surface area (Å²) in [7, 11) is 2.75. The van der Waals surface area contributed by atoms with E-state index in [1.807, 2.05) is 0 Å². The second kappa shape index (κ2) is 6.44. The van der Waals surface area contributed by atoms with Crippen molar-refractivity contribution in [3.05, 3.63) is 40.8 Å². The number of aromatic carboxylic acids is 1. The number of aliphatic imine (C=N–C) groups is 1. The summed E-state index contributed by atoms with van der Waals surface area (Å²) in [6, 6.07) is 5.72. The van der Waals surface area contributed by atoms with Crippen LogP contribution in [-0.2, 0) is 14.3 Å². The van der Waals surface area contributed by atoms with E-state index >= 15 is 0 Å². The average molecular weight is 319 g/mol. The van der Waals surface area contributed by atoms with Gasteiger partial charge in [-0.05, 0) is 29.5 Å². The highest BCUT2D eigenvalue weighted by atomic mass is 32.2. The number of likely N-dealkylation sites (N-methyl/N-ethyl adjacent to an activating group) is 1. The van der Waals surface area contributed by atoms with Crippen molar-refractivity contribution >= 4 is 40.5 Å². The van der Waals surface area contributed by atoms with Gasteiger partial charge in [0, 0.05) is 13.1 Å². The summed E-state index contributed by atoms with van der Waals surface area (Å²) in [4.78, 5) is 39.6. The topological polar surface area (TPSA) is 99.1 Å². The SMILES string of the molecule is COC(=O)/C=C1/SC(=Nc2ccc(C(=O)[O-])cc2)N(C)C1=O. The molecule has 0 aromatic heterocycles. The molecule has 0 bridgehead atoms. The van der Waals surface area contributed by atoms with Crippen molar-refractivity contribution in [1.82, 2.24) is 4.90 Å². The fourth-order valence-corrected chi connectivity index (χ4v) is 2.55. The van der Waals surface area contributed by atoms with E-state index in [9.17, 15) is 19.5 Å². The lowest BCUT2D eigenvalue weighted by Crippen LogP contribution is -2.24. The number of amides is 1. The zero-order valence-electron chi connectivity index (χ0n) is 11.7. The zero-order chi connectivity index (χ0) is 16.3. The summed E-state index contributed by atoms with van der Waals surface area (Å²) >= 11 is 1.03. The third-order valence-corrected chi connectivity index (χ3v) is 3.84. The van der Waals surface area contributed by atoms with Gasteiger partial charge in [-0.1, -0.05) is 12.1 Å². The molecule has 1 amide bonds. The maximum Gasteiger partial charge on any atom is 0.331 e. The highest BCUT2D eigenvalue weighted by molar-refractivity contribution is 8.18. The van der Waals surface area contributed by atoms with Gasteiger partial charge in [-0.15, -0.1) is 0 Å². The van der Waals surface area contributed by atoms with E-state index in [4.69, 9.17) is 0 Å². The minimum atomic E-state index is -1.27. The molecule has 0 N–H and O–H groups in total. The Morgan fingerprint density at radius 1 is 1.32 bits per heavy atom.